The Bertz CT molecular complexity index is 1490. The molecule has 3 aromatic rings. The van der Waals surface area contributed by atoms with E-state index in [1.165, 1.54) is 0 Å². The number of esters is 1. The Morgan fingerprint density at radius 2 is 1.78 bits per heavy atom. The topological polar surface area (TPSA) is 128 Å². The van der Waals surface area contributed by atoms with Crippen LogP contribution in [0.3, 0.4) is 0 Å². The molecular formula is C35H42BrN3O7. The molecule has 0 radical (unpaired) electrons. The normalized spacial score (nSPS) is 17.5. The summed E-state index contributed by atoms with van der Waals surface area (Å²) in [5.74, 6) is 0.583. The zero-order chi connectivity index (χ0) is 33.2. The molecule has 0 saturated heterocycles. The molecule has 1 amide bonds. The van der Waals surface area contributed by atoms with Gasteiger partial charge in [-0.15, -0.1) is 0 Å². The standard InChI is InChI=1S/C35H42BrN3O7/c1-34(2,3)46-30(41)17-19-35(33(42)39-37-20-18-24-9-13-27(36)14-10-24)31(26-7-5-8-29(23-26)43-4)45-32(38-35)25-11-15-28(16-12-25)44-22-6-21-40/h5,7-16,23,31,37,40H,6,17-22H2,1-4H3,(H,39,42)/t31-,35-/m0/s1. The van der Waals surface area contributed by atoms with Crippen LogP contribution in [0.5, 0.6) is 11.5 Å². The number of amides is 1. The summed E-state index contributed by atoms with van der Waals surface area (Å²) >= 11 is 3.45. The van der Waals surface area contributed by atoms with Gasteiger partial charge in [0.1, 0.15) is 17.1 Å². The number of carbonyl (C=O) groups excluding carboxylic acids is 2. The fourth-order valence-corrected chi connectivity index (χ4v) is 5.23. The van der Waals surface area contributed by atoms with Crippen LogP contribution in [0.2, 0.25) is 0 Å². The van der Waals surface area contributed by atoms with E-state index >= 15 is 0 Å². The third-order valence-electron chi connectivity index (χ3n) is 7.21. The Kier molecular flexibility index (Phi) is 12.2. The molecule has 0 unspecified atom stereocenters. The Balaban J connectivity index is 1.66. The van der Waals surface area contributed by atoms with Crippen LogP contribution >= 0.6 is 15.9 Å². The summed E-state index contributed by atoms with van der Waals surface area (Å²) in [5.41, 5.74) is 6.08. The highest BCUT2D eigenvalue weighted by Gasteiger charge is 2.53. The summed E-state index contributed by atoms with van der Waals surface area (Å²) in [6.07, 6.45) is 0.271. The number of nitrogens with one attached hydrogen (secondary N) is 2. The van der Waals surface area contributed by atoms with Gasteiger partial charge in [-0.25, -0.2) is 10.4 Å². The number of hydrogen-bond donors (Lipinski definition) is 3. The molecule has 3 aromatic carbocycles. The Hall–Kier alpha value is -3.93. The average molecular weight is 697 g/mol. The maximum Gasteiger partial charge on any atom is 0.306 e. The van der Waals surface area contributed by atoms with Crippen LogP contribution in [0.1, 0.15) is 62.8 Å². The Morgan fingerprint density at radius 1 is 1.04 bits per heavy atom. The smallest absolute Gasteiger partial charge is 0.306 e. The number of rotatable bonds is 15. The fraction of sp³-hybridized carbons (Fsp3) is 0.400. The monoisotopic (exact) mass is 695 g/mol. The van der Waals surface area contributed by atoms with Crippen molar-refractivity contribution in [2.45, 2.75) is 63.7 Å². The SMILES string of the molecule is COc1cccc([C@@H]2OC(c3ccc(OCCCO)cc3)=N[C@]2(CCC(=O)OC(C)(C)C)C(=O)NNCCc2ccc(Br)cc2)c1. The van der Waals surface area contributed by atoms with Crippen molar-refractivity contribution >= 4 is 33.7 Å². The predicted octanol–water partition coefficient (Wildman–Crippen LogP) is 5.46. The summed E-state index contributed by atoms with van der Waals surface area (Å²) in [4.78, 5) is 32.1. The summed E-state index contributed by atoms with van der Waals surface area (Å²) in [5, 5.41) is 9.05. The first kappa shape index (κ1) is 34.9. The van der Waals surface area contributed by atoms with Crippen molar-refractivity contribution in [2.24, 2.45) is 4.99 Å². The molecule has 1 heterocycles. The zero-order valence-corrected chi connectivity index (χ0v) is 28.3. The predicted molar refractivity (Wildman–Crippen MR) is 179 cm³/mol. The van der Waals surface area contributed by atoms with Crippen molar-refractivity contribution in [1.29, 1.82) is 0 Å². The zero-order valence-electron chi connectivity index (χ0n) is 26.7. The van der Waals surface area contributed by atoms with E-state index < -0.39 is 29.1 Å². The number of nitrogens with zero attached hydrogens (tertiary/aromatic N) is 1. The van der Waals surface area contributed by atoms with E-state index in [0.29, 0.717) is 48.6 Å². The van der Waals surface area contributed by atoms with Crippen LogP contribution in [0.15, 0.2) is 82.3 Å². The lowest BCUT2D eigenvalue weighted by Crippen LogP contribution is -2.53. The van der Waals surface area contributed by atoms with E-state index in [1.807, 2.05) is 42.5 Å². The van der Waals surface area contributed by atoms with Crippen LogP contribution in [0.4, 0.5) is 0 Å². The number of hydrazine groups is 1. The van der Waals surface area contributed by atoms with E-state index in [2.05, 4.69) is 26.8 Å². The van der Waals surface area contributed by atoms with E-state index in [1.54, 1.807) is 58.2 Å². The van der Waals surface area contributed by atoms with E-state index in [-0.39, 0.29) is 25.3 Å². The lowest BCUT2D eigenvalue weighted by molar-refractivity contribution is -0.155. The first-order valence-corrected chi connectivity index (χ1v) is 16.1. The molecule has 2 atom stereocenters. The fourth-order valence-electron chi connectivity index (χ4n) is 4.97. The van der Waals surface area contributed by atoms with Crippen LogP contribution < -0.4 is 20.3 Å². The molecule has 1 aliphatic heterocycles. The van der Waals surface area contributed by atoms with Crippen LogP contribution in [0.25, 0.3) is 0 Å². The molecular weight excluding hydrogens is 654 g/mol. The number of benzene rings is 3. The summed E-state index contributed by atoms with van der Waals surface area (Å²) < 4.78 is 24.2. The number of aliphatic hydroxyl groups is 1. The lowest BCUT2D eigenvalue weighted by atomic mass is 9.83. The first-order valence-electron chi connectivity index (χ1n) is 15.3. The molecule has 0 aliphatic carbocycles. The van der Waals surface area contributed by atoms with Gasteiger partial charge in [0.2, 0.25) is 5.90 Å². The molecule has 0 fully saturated rings. The molecule has 0 aromatic heterocycles. The number of aliphatic imine (C=N–C) groups is 1. The summed E-state index contributed by atoms with van der Waals surface area (Å²) in [7, 11) is 1.57. The summed E-state index contributed by atoms with van der Waals surface area (Å²) in [6, 6.07) is 22.4. The molecule has 46 heavy (non-hydrogen) atoms. The van der Waals surface area contributed by atoms with Gasteiger partial charge in [-0.05, 0) is 93.3 Å². The van der Waals surface area contributed by atoms with Gasteiger partial charge >= 0.3 is 5.97 Å². The molecule has 11 heteroatoms. The van der Waals surface area contributed by atoms with Gasteiger partial charge in [0.25, 0.3) is 5.91 Å². The molecule has 3 N–H and O–H groups in total. The Morgan fingerprint density at radius 3 is 2.46 bits per heavy atom. The first-order chi connectivity index (χ1) is 22.0. The molecule has 0 bridgehead atoms. The minimum absolute atomic E-state index is 0.0237. The van der Waals surface area contributed by atoms with Crippen molar-refractivity contribution in [1.82, 2.24) is 10.9 Å². The maximum absolute atomic E-state index is 14.2. The molecule has 4 rings (SSSR count). The van der Waals surface area contributed by atoms with Gasteiger partial charge in [0, 0.05) is 36.0 Å². The second kappa shape index (κ2) is 16.1. The number of aliphatic hydroxyl groups excluding tert-OH is 1. The molecule has 10 nitrogen and oxygen atoms in total. The highest BCUT2D eigenvalue weighted by Crippen LogP contribution is 2.44. The van der Waals surface area contributed by atoms with Crippen molar-refractivity contribution in [3.8, 4) is 11.5 Å². The lowest BCUT2D eigenvalue weighted by Gasteiger charge is -2.31. The maximum atomic E-state index is 14.2. The van der Waals surface area contributed by atoms with Crippen molar-refractivity contribution < 1.29 is 33.6 Å². The molecule has 0 spiro atoms. The third kappa shape index (κ3) is 9.54. The van der Waals surface area contributed by atoms with Crippen molar-refractivity contribution in [3.63, 3.8) is 0 Å². The highest BCUT2D eigenvalue weighted by molar-refractivity contribution is 9.10. The van der Waals surface area contributed by atoms with Crippen LogP contribution in [-0.4, -0.2) is 60.9 Å². The van der Waals surface area contributed by atoms with Gasteiger partial charge < -0.3 is 24.1 Å². The third-order valence-corrected chi connectivity index (χ3v) is 7.74. The minimum atomic E-state index is -1.53. The second-order valence-electron chi connectivity index (χ2n) is 11.9. The number of hydrogen-bond acceptors (Lipinski definition) is 9. The number of methoxy groups -OCH3 is 1. The Labute approximate surface area is 278 Å². The molecule has 246 valence electrons. The van der Waals surface area contributed by atoms with Gasteiger partial charge in [0.15, 0.2) is 11.6 Å². The van der Waals surface area contributed by atoms with E-state index in [4.69, 9.17) is 29.0 Å². The quantitative estimate of drug-likeness (QED) is 0.109. The van der Waals surface area contributed by atoms with Gasteiger partial charge in [-0.2, -0.15) is 0 Å². The van der Waals surface area contributed by atoms with Crippen molar-refractivity contribution in [3.05, 3.63) is 94.0 Å². The second-order valence-corrected chi connectivity index (χ2v) is 12.8. The van der Waals surface area contributed by atoms with Gasteiger partial charge in [0.05, 0.1) is 13.7 Å². The molecule has 1 aliphatic rings. The van der Waals surface area contributed by atoms with Crippen LogP contribution in [-0.2, 0) is 25.5 Å². The number of ether oxygens (including phenoxy) is 4. The average Bonchev–Trinajstić information content (AvgIpc) is 3.43. The minimum Gasteiger partial charge on any atom is -0.497 e. The summed E-state index contributed by atoms with van der Waals surface area (Å²) in [6.45, 7) is 6.29. The number of halogens is 1. The van der Waals surface area contributed by atoms with Crippen molar-refractivity contribution in [2.75, 3.05) is 26.9 Å². The van der Waals surface area contributed by atoms with Gasteiger partial charge in [-0.3, -0.25) is 15.0 Å². The van der Waals surface area contributed by atoms with E-state index in [9.17, 15) is 9.59 Å². The highest BCUT2D eigenvalue weighted by atomic mass is 79.9. The molecule has 0 saturated carbocycles. The largest absolute Gasteiger partial charge is 0.497 e. The number of carbonyl (C=O) groups is 2. The van der Waals surface area contributed by atoms with Crippen LogP contribution in [0, 0.1) is 0 Å². The van der Waals surface area contributed by atoms with E-state index in [0.717, 1.165) is 10.0 Å². The van der Waals surface area contributed by atoms with Gasteiger partial charge in [-0.1, -0.05) is 40.2 Å².